The van der Waals surface area contributed by atoms with Crippen LogP contribution in [0.2, 0.25) is 0 Å². The molecule has 1 aliphatic heterocycles. The van der Waals surface area contributed by atoms with Gasteiger partial charge in [-0.3, -0.25) is 4.79 Å². The minimum atomic E-state index is -0.549. The molecule has 3 aromatic rings. The summed E-state index contributed by atoms with van der Waals surface area (Å²) < 4.78 is 33.1. The molecule has 0 radical (unpaired) electrons. The van der Waals surface area contributed by atoms with Crippen LogP contribution in [0.15, 0.2) is 66.7 Å². The van der Waals surface area contributed by atoms with Gasteiger partial charge in [-0.2, -0.15) is 0 Å². The van der Waals surface area contributed by atoms with Crippen molar-refractivity contribution in [2.45, 2.75) is 51.9 Å². The van der Waals surface area contributed by atoms with Crippen molar-refractivity contribution in [3.63, 3.8) is 0 Å². The summed E-state index contributed by atoms with van der Waals surface area (Å²) in [4.78, 5) is 15.0. The van der Waals surface area contributed by atoms with Gasteiger partial charge in [-0.15, -0.1) is 0 Å². The SMILES string of the molecule is CNCCOc1cccc(OC(C)[C@H]2CC[C@H](CN3Cc4ccc(OCc5ccccc5)c(F)c4C3=O)CC2)c1. The molecule has 0 spiro atoms. The zero-order valence-electron chi connectivity index (χ0n) is 23.4. The van der Waals surface area contributed by atoms with E-state index < -0.39 is 5.82 Å². The number of halogens is 1. The van der Waals surface area contributed by atoms with Gasteiger partial charge in [0, 0.05) is 25.7 Å². The monoisotopic (exact) mass is 546 g/mol. The summed E-state index contributed by atoms with van der Waals surface area (Å²) in [6.45, 7) is 4.91. The summed E-state index contributed by atoms with van der Waals surface area (Å²) in [6.07, 6.45) is 4.24. The van der Waals surface area contributed by atoms with E-state index >= 15 is 4.39 Å². The van der Waals surface area contributed by atoms with Crippen molar-refractivity contribution in [3.8, 4) is 17.2 Å². The number of nitrogens with one attached hydrogen (secondary N) is 1. The first-order valence-electron chi connectivity index (χ1n) is 14.3. The fourth-order valence-electron chi connectivity index (χ4n) is 5.76. The van der Waals surface area contributed by atoms with E-state index in [1.165, 1.54) is 0 Å². The standard InChI is InChI=1S/C33H39FN2O4/c1-23(40-29-10-6-9-28(19-29)38-18-17-35-2)26-13-11-24(12-14-26)20-36-21-27-15-16-30(32(34)31(27)33(36)37)39-22-25-7-4-3-5-8-25/h3-10,15-16,19,23-24,26,35H,11-14,17-18,20-22H2,1-2H3/t23?,24-,26-. The van der Waals surface area contributed by atoms with Crippen molar-refractivity contribution in [3.05, 3.63) is 89.2 Å². The molecule has 1 aliphatic carbocycles. The van der Waals surface area contributed by atoms with E-state index in [1.807, 2.05) is 67.7 Å². The Morgan fingerprint density at radius 2 is 1.75 bits per heavy atom. The summed E-state index contributed by atoms with van der Waals surface area (Å²) in [5.41, 5.74) is 1.86. The van der Waals surface area contributed by atoms with Crippen LogP contribution in [0.25, 0.3) is 0 Å². The highest BCUT2D eigenvalue weighted by Gasteiger charge is 2.35. The van der Waals surface area contributed by atoms with Gasteiger partial charge in [-0.05, 0) is 80.8 Å². The van der Waals surface area contributed by atoms with Crippen molar-refractivity contribution < 1.29 is 23.4 Å². The number of benzene rings is 3. The lowest BCUT2D eigenvalue weighted by molar-refractivity contribution is 0.0682. The predicted molar refractivity (Wildman–Crippen MR) is 153 cm³/mol. The van der Waals surface area contributed by atoms with Crippen LogP contribution in [0, 0.1) is 17.7 Å². The molecule has 2 aliphatic rings. The molecular formula is C33H39FN2O4. The van der Waals surface area contributed by atoms with Crippen LogP contribution in [0.4, 0.5) is 4.39 Å². The average molecular weight is 547 g/mol. The Balaban J connectivity index is 1.11. The van der Waals surface area contributed by atoms with E-state index in [2.05, 4.69) is 12.2 Å². The molecule has 212 valence electrons. The molecule has 1 amide bonds. The van der Waals surface area contributed by atoms with Crippen LogP contribution in [0.5, 0.6) is 17.2 Å². The van der Waals surface area contributed by atoms with Gasteiger partial charge in [-0.25, -0.2) is 4.39 Å². The second-order valence-corrected chi connectivity index (χ2v) is 10.9. The van der Waals surface area contributed by atoms with Gasteiger partial charge in [-0.1, -0.05) is 42.5 Å². The first-order chi connectivity index (χ1) is 19.5. The highest BCUT2D eigenvalue weighted by molar-refractivity contribution is 5.99. The number of rotatable bonds is 12. The fraction of sp³-hybridized carbons (Fsp3) is 0.424. The van der Waals surface area contributed by atoms with Crippen molar-refractivity contribution >= 4 is 5.91 Å². The number of hydrogen-bond acceptors (Lipinski definition) is 5. The number of fused-ring (bicyclic) bond motifs is 1. The molecule has 7 heteroatoms. The smallest absolute Gasteiger partial charge is 0.257 e. The lowest BCUT2D eigenvalue weighted by Gasteiger charge is -2.34. The van der Waals surface area contributed by atoms with Crippen molar-refractivity contribution in [1.82, 2.24) is 10.2 Å². The third kappa shape index (κ3) is 6.76. The maximum absolute atomic E-state index is 15.3. The lowest BCUT2D eigenvalue weighted by Crippen LogP contribution is -2.34. The summed E-state index contributed by atoms with van der Waals surface area (Å²) >= 11 is 0. The quantitative estimate of drug-likeness (QED) is 0.273. The van der Waals surface area contributed by atoms with Crippen LogP contribution in [-0.2, 0) is 13.2 Å². The van der Waals surface area contributed by atoms with E-state index in [0.29, 0.717) is 31.5 Å². The largest absolute Gasteiger partial charge is 0.492 e. The molecule has 0 saturated heterocycles. The van der Waals surface area contributed by atoms with Crippen LogP contribution < -0.4 is 19.5 Å². The Labute approximate surface area is 236 Å². The van der Waals surface area contributed by atoms with E-state index in [4.69, 9.17) is 14.2 Å². The van der Waals surface area contributed by atoms with Gasteiger partial charge in [0.05, 0.1) is 11.7 Å². The molecule has 0 aromatic heterocycles. The van der Waals surface area contributed by atoms with Gasteiger partial charge in [0.2, 0.25) is 0 Å². The van der Waals surface area contributed by atoms with E-state index in [-0.39, 0.29) is 29.9 Å². The molecule has 40 heavy (non-hydrogen) atoms. The molecule has 0 bridgehead atoms. The second-order valence-electron chi connectivity index (χ2n) is 10.9. The van der Waals surface area contributed by atoms with Crippen molar-refractivity contribution in [1.29, 1.82) is 0 Å². The van der Waals surface area contributed by atoms with Crippen molar-refractivity contribution in [2.24, 2.45) is 11.8 Å². The van der Waals surface area contributed by atoms with Crippen LogP contribution in [0.3, 0.4) is 0 Å². The van der Waals surface area contributed by atoms with Gasteiger partial charge in [0.25, 0.3) is 5.91 Å². The number of likely N-dealkylation sites (N-methyl/N-ethyl adjacent to an activating group) is 1. The van der Waals surface area contributed by atoms with Gasteiger partial charge >= 0.3 is 0 Å². The topological polar surface area (TPSA) is 60.0 Å². The maximum Gasteiger partial charge on any atom is 0.257 e. The normalized spacial score (nSPS) is 19.3. The summed E-state index contributed by atoms with van der Waals surface area (Å²) in [6, 6.07) is 20.9. The first-order valence-corrected chi connectivity index (χ1v) is 14.3. The Kier molecular flexibility index (Phi) is 9.22. The highest BCUT2D eigenvalue weighted by atomic mass is 19.1. The Morgan fingerprint density at radius 1 is 0.975 bits per heavy atom. The van der Waals surface area contributed by atoms with E-state index in [1.54, 1.807) is 11.0 Å². The molecule has 1 fully saturated rings. The third-order valence-electron chi connectivity index (χ3n) is 8.07. The van der Waals surface area contributed by atoms with E-state index in [9.17, 15) is 4.79 Å². The first kappa shape index (κ1) is 28.0. The maximum atomic E-state index is 15.3. The second kappa shape index (κ2) is 13.2. The van der Waals surface area contributed by atoms with Crippen molar-refractivity contribution in [2.75, 3.05) is 26.7 Å². The Morgan fingerprint density at radius 3 is 2.52 bits per heavy atom. The van der Waals surface area contributed by atoms with Crippen LogP contribution >= 0.6 is 0 Å². The molecule has 5 rings (SSSR count). The van der Waals surface area contributed by atoms with Crippen LogP contribution in [-0.4, -0.2) is 43.7 Å². The highest BCUT2D eigenvalue weighted by Crippen LogP contribution is 2.36. The average Bonchev–Trinajstić information content (AvgIpc) is 3.29. The minimum absolute atomic E-state index is 0.0922. The molecule has 1 saturated carbocycles. The Bertz CT molecular complexity index is 1280. The lowest BCUT2D eigenvalue weighted by atomic mass is 9.79. The zero-order valence-corrected chi connectivity index (χ0v) is 23.4. The number of nitrogens with zero attached hydrogens (tertiary/aromatic N) is 1. The van der Waals surface area contributed by atoms with Gasteiger partial charge < -0.3 is 24.4 Å². The number of amides is 1. The van der Waals surface area contributed by atoms with E-state index in [0.717, 1.165) is 54.9 Å². The number of carbonyl (C=O) groups is 1. The summed E-state index contributed by atoms with van der Waals surface area (Å²) in [5.74, 6) is 1.85. The fourth-order valence-corrected chi connectivity index (χ4v) is 5.76. The number of ether oxygens (including phenoxy) is 3. The molecule has 6 nitrogen and oxygen atoms in total. The third-order valence-corrected chi connectivity index (χ3v) is 8.07. The Hall–Kier alpha value is -3.58. The number of carbonyl (C=O) groups excluding carboxylic acids is 1. The molecule has 1 unspecified atom stereocenters. The summed E-state index contributed by atoms with van der Waals surface area (Å²) in [5, 5.41) is 3.08. The molecule has 1 atom stereocenters. The summed E-state index contributed by atoms with van der Waals surface area (Å²) in [7, 11) is 1.90. The van der Waals surface area contributed by atoms with Gasteiger partial charge in [0.1, 0.15) is 24.7 Å². The molecular weight excluding hydrogens is 507 g/mol. The zero-order chi connectivity index (χ0) is 27.9. The van der Waals surface area contributed by atoms with Crippen LogP contribution in [0.1, 0.15) is 54.1 Å². The minimum Gasteiger partial charge on any atom is -0.492 e. The number of hydrogen-bond donors (Lipinski definition) is 1. The molecule has 3 aromatic carbocycles. The molecule has 1 N–H and O–H groups in total. The predicted octanol–water partition coefficient (Wildman–Crippen LogP) is 6.23. The molecule has 1 heterocycles. The van der Waals surface area contributed by atoms with Gasteiger partial charge in [0.15, 0.2) is 11.6 Å².